The molecule has 3 rings (SSSR count). The minimum atomic E-state index is -0.642. The lowest BCUT2D eigenvalue weighted by Gasteiger charge is -2.15. The first-order chi connectivity index (χ1) is 17.3. The van der Waals surface area contributed by atoms with Gasteiger partial charge in [-0.05, 0) is 55.0 Å². The fourth-order valence-corrected chi connectivity index (χ4v) is 3.67. The highest BCUT2D eigenvalue weighted by Gasteiger charge is 2.17. The third kappa shape index (κ3) is 7.15. The van der Waals surface area contributed by atoms with Crippen LogP contribution in [0.15, 0.2) is 66.2 Å². The Labute approximate surface area is 223 Å². The third-order valence-electron chi connectivity index (χ3n) is 4.63. The summed E-state index contributed by atoms with van der Waals surface area (Å²) in [4.78, 5) is 25.0. The molecule has 0 bridgehead atoms. The van der Waals surface area contributed by atoms with Crippen LogP contribution >= 0.6 is 34.8 Å². The molecule has 184 valence electrons. The SMILES string of the molecule is CCOc1cc(/C=C(\C#N)C(=O)Nc2ccccc2Cl)cc(Cl)c1OCC(=O)Nc1ccccc1Cl. The first-order valence-electron chi connectivity index (χ1n) is 10.6. The second-order valence-corrected chi connectivity index (χ2v) is 8.41. The molecule has 10 heteroatoms. The number of nitriles is 1. The highest BCUT2D eigenvalue weighted by molar-refractivity contribution is 6.34. The van der Waals surface area contributed by atoms with Gasteiger partial charge in [0.2, 0.25) is 0 Å². The van der Waals surface area contributed by atoms with Crippen LogP contribution < -0.4 is 20.1 Å². The first kappa shape index (κ1) is 26.9. The Balaban J connectivity index is 1.79. The maximum Gasteiger partial charge on any atom is 0.266 e. The van der Waals surface area contributed by atoms with Crippen LogP contribution in [0.3, 0.4) is 0 Å². The van der Waals surface area contributed by atoms with Crippen molar-refractivity contribution in [2.45, 2.75) is 6.92 Å². The Kier molecular flexibility index (Phi) is 9.60. The number of nitrogens with one attached hydrogen (secondary N) is 2. The zero-order valence-corrected chi connectivity index (χ0v) is 21.2. The summed E-state index contributed by atoms with van der Waals surface area (Å²) >= 11 is 18.5. The van der Waals surface area contributed by atoms with Gasteiger partial charge in [0, 0.05) is 0 Å². The summed E-state index contributed by atoms with van der Waals surface area (Å²) in [6, 6.07) is 18.4. The van der Waals surface area contributed by atoms with Crippen LogP contribution in [0.1, 0.15) is 12.5 Å². The number of nitrogens with zero attached hydrogens (tertiary/aromatic N) is 1. The summed E-state index contributed by atoms with van der Waals surface area (Å²) in [6.45, 7) is 1.69. The number of ether oxygens (including phenoxy) is 2. The molecule has 0 spiro atoms. The number of rotatable bonds is 9. The van der Waals surface area contributed by atoms with E-state index in [0.29, 0.717) is 27.0 Å². The van der Waals surface area contributed by atoms with Crippen molar-refractivity contribution in [3.63, 3.8) is 0 Å². The molecule has 0 aliphatic rings. The van der Waals surface area contributed by atoms with E-state index in [1.54, 1.807) is 61.5 Å². The standard InChI is InChI=1S/C26H20Cl3N3O4/c1-2-35-23-13-16(11-17(14-30)26(34)32-22-10-6-4-8-19(22)28)12-20(29)25(23)36-15-24(33)31-21-9-5-3-7-18(21)27/h3-13H,2,15H2,1H3,(H,31,33)(H,32,34)/b17-11+. The van der Waals surface area contributed by atoms with Gasteiger partial charge < -0.3 is 20.1 Å². The monoisotopic (exact) mass is 543 g/mol. The summed E-state index contributed by atoms with van der Waals surface area (Å²) in [6.07, 6.45) is 1.36. The maximum atomic E-state index is 12.6. The molecule has 0 heterocycles. The van der Waals surface area contributed by atoms with Gasteiger partial charge in [0.15, 0.2) is 18.1 Å². The zero-order valence-electron chi connectivity index (χ0n) is 19.0. The fourth-order valence-electron chi connectivity index (χ4n) is 3.03. The zero-order chi connectivity index (χ0) is 26.1. The van der Waals surface area contributed by atoms with Gasteiger partial charge in [-0.15, -0.1) is 0 Å². The number of halogens is 3. The van der Waals surface area contributed by atoms with Crippen molar-refractivity contribution in [2.24, 2.45) is 0 Å². The second-order valence-electron chi connectivity index (χ2n) is 7.18. The lowest BCUT2D eigenvalue weighted by molar-refractivity contribution is -0.118. The van der Waals surface area contributed by atoms with Crippen LogP contribution in [0.25, 0.3) is 6.08 Å². The average molecular weight is 545 g/mol. The van der Waals surface area contributed by atoms with Gasteiger partial charge >= 0.3 is 0 Å². The predicted octanol–water partition coefficient (Wildman–Crippen LogP) is 6.61. The van der Waals surface area contributed by atoms with E-state index in [1.165, 1.54) is 12.1 Å². The van der Waals surface area contributed by atoms with Gasteiger partial charge in [-0.1, -0.05) is 59.1 Å². The van der Waals surface area contributed by atoms with Crippen LogP contribution in [0.2, 0.25) is 15.1 Å². The lowest BCUT2D eigenvalue weighted by atomic mass is 10.1. The van der Waals surface area contributed by atoms with Crippen LogP contribution in [0.5, 0.6) is 11.5 Å². The Bertz CT molecular complexity index is 1350. The molecule has 2 amide bonds. The number of benzene rings is 3. The van der Waals surface area contributed by atoms with Gasteiger partial charge in [0.1, 0.15) is 11.6 Å². The molecule has 3 aromatic carbocycles. The smallest absolute Gasteiger partial charge is 0.266 e. The van der Waals surface area contributed by atoms with Crippen molar-refractivity contribution >= 4 is 64.1 Å². The highest BCUT2D eigenvalue weighted by Crippen LogP contribution is 2.37. The number of carbonyl (C=O) groups is 2. The molecular weight excluding hydrogens is 525 g/mol. The van der Waals surface area contributed by atoms with Crippen LogP contribution in [0.4, 0.5) is 11.4 Å². The second kappa shape index (κ2) is 12.8. The molecule has 0 radical (unpaired) electrons. The Morgan fingerprint density at radius 1 is 0.917 bits per heavy atom. The van der Waals surface area contributed by atoms with Crippen molar-refractivity contribution < 1.29 is 19.1 Å². The molecule has 0 aliphatic carbocycles. The number of hydrogen-bond acceptors (Lipinski definition) is 5. The van der Waals surface area contributed by atoms with Gasteiger partial charge in [-0.2, -0.15) is 5.26 Å². The van der Waals surface area contributed by atoms with Crippen LogP contribution in [-0.2, 0) is 9.59 Å². The van der Waals surface area contributed by atoms with Gasteiger partial charge in [-0.25, -0.2) is 0 Å². The average Bonchev–Trinajstić information content (AvgIpc) is 2.85. The van der Waals surface area contributed by atoms with Crippen molar-refractivity contribution in [1.29, 1.82) is 5.26 Å². The highest BCUT2D eigenvalue weighted by atomic mass is 35.5. The number of para-hydroxylation sites is 2. The summed E-state index contributed by atoms with van der Waals surface area (Å²) in [5.41, 5.74) is 1.06. The molecule has 0 saturated heterocycles. The van der Waals surface area contributed by atoms with Crippen molar-refractivity contribution in [1.82, 2.24) is 0 Å². The molecule has 0 fully saturated rings. The summed E-state index contributed by atoms with van der Waals surface area (Å²) in [7, 11) is 0. The summed E-state index contributed by atoms with van der Waals surface area (Å²) in [5.74, 6) is -0.709. The Morgan fingerprint density at radius 3 is 2.11 bits per heavy atom. The molecule has 2 N–H and O–H groups in total. The number of carbonyl (C=O) groups excluding carboxylic acids is 2. The Hall–Kier alpha value is -3.70. The van der Waals surface area contributed by atoms with E-state index in [0.717, 1.165) is 0 Å². The van der Waals surface area contributed by atoms with Crippen molar-refractivity contribution in [3.05, 3.63) is 86.9 Å². The fraction of sp³-hybridized carbons (Fsp3) is 0.115. The molecule has 3 aromatic rings. The van der Waals surface area contributed by atoms with Crippen LogP contribution in [0, 0.1) is 11.3 Å². The molecule has 0 unspecified atom stereocenters. The number of hydrogen-bond donors (Lipinski definition) is 2. The molecule has 0 aromatic heterocycles. The predicted molar refractivity (Wildman–Crippen MR) is 142 cm³/mol. The minimum Gasteiger partial charge on any atom is -0.490 e. The van der Waals surface area contributed by atoms with Crippen molar-refractivity contribution in [3.8, 4) is 17.6 Å². The molecule has 36 heavy (non-hydrogen) atoms. The maximum absolute atomic E-state index is 12.6. The van der Waals surface area contributed by atoms with Gasteiger partial charge in [-0.3, -0.25) is 9.59 Å². The molecule has 7 nitrogen and oxygen atoms in total. The third-order valence-corrected chi connectivity index (χ3v) is 5.57. The van der Waals surface area contributed by atoms with Gasteiger partial charge in [0.25, 0.3) is 11.8 Å². The summed E-state index contributed by atoms with van der Waals surface area (Å²) < 4.78 is 11.3. The lowest BCUT2D eigenvalue weighted by Crippen LogP contribution is -2.20. The number of amides is 2. The molecule has 0 atom stereocenters. The van der Waals surface area contributed by atoms with E-state index in [-0.39, 0.29) is 35.3 Å². The topological polar surface area (TPSA) is 100 Å². The molecule has 0 saturated carbocycles. The normalized spacial score (nSPS) is 10.8. The van der Waals surface area contributed by atoms with E-state index < -0.39 is 11.8 Å². The van der Waals surface area contributed by atoms with Crippen molar-refractivity contribution in [2.75, 3.05) is 23.8 Å². The van der Waals surface area contributed by atoms with Crippen LogP contribution in [-0.4, -0.2) is 25.0 Å². The quantitative estimate of drug-likeness (QED) is 0.233. The summed E-state index contributed by atoms with van der Waals surface area (Å²) in [5, 5.41) is 15.6. The van der Waals surface area contributed by atoms with E-state index in [4.69, 9.17) is 44.3 Å². The van der Waals surface area contributed by atoms with E-state index in [2.05, 4.69) is 10.6 Å². The molecule has 0 aliphatic heterocycles. The van der Waals surface area contributed by atoms with Gasteiger partial charge in [0.05, 0.1) is 33.0 Å². The minimum absolute atomic E-state index is 0.126. The van der Waals surface area contributed by atoms with E-state index >= 15 is 0 Å². The number of anilines is 2. The Morgan fingerprint density at radius 2 is 1.53 bits per heavy atom. The molecular formula is C26H20Cl3N3O4. The first-order valence-corrected chi connectivity index (χ1v) is 11.8. The largest absolute Gasteiger partial charge is 0.490 e. The van der Waals surface area contributed by atoms with E-state index in [9.17, 15) is 14.9 Å². The van der Waals surface area contributed by atoms with E-state index in [1.807, 2.05) is 6.07 Å².